The summed E-state index contributed by atoms with van der Waals surface area (Å²) in [5, 5.41) is 13.5. The molecule has 4 atom stereocenters. The predicted molar refractivity (Wildman–Crippen MR) is 151 cm³/mol. The van der Waals surface area contributed by atoms with E-state index in [4.69, 9.17) is 4.74 Å². The molecular weight excluding hydrogens is 533 g/mol. The van der Waals surface area contributed by atoms with Gasteiger partial charge in [-0.1, -0.05) is 52.0 Å². The van der Waals surface area contributed by atoms with E-state index in [9.17, 15) is 28.4 Å². The van der Waals surface area contributed by atoms with Crippen LogP contribution in [0.1, 0.15) is 52.5 Å². The van der Waals surface area contributed by atoms with Crippen molar-refractivity contribution in [2.75, 3.05) is 13.7 Å². The minimum Gasteiger partial charge on any atom is -0.467 e. The van der Waals surface area contributed by atoms with Crippen LogP contribution in [0.2, 0.25) is 0 Å². The molecule has 0 aliphatic carbocycles. The summed E-state index contributed by atoms with van der Waals surface area (Å²) in [6, 6.07) is 1.84. The molecule has 1 aromatic carbocycles. The van der Waals surface area contributed by atoms with Gasteiger partial charge in [-0.3, -0.25) is 14.4 Å². The number of amides is 5. The zero-order valence-corrected chi connectivity index (χ0v) is 24.3. The van der Waals surface area contributed by atoms with Crippen LogP contribution < -0.4 is 26.6 Å². The fraction of sp³-hybridized carbons (Fsp3) is 0.552. The summed E-state index contributed by atoms with van der Waals surface area (Å²) >= 11 is 0. The van der Waals surface area contributed by atoms with Crippen LogP contribution in [0, 0.1) is 17.7 Å². The highest BCUT2D eigenvalue weighted by atomic mass is 19.1. The SMILES string of the molecule is COC(=O)C(NC(=O)NC(C(=O)N[C@H]1CCCCNC(=O)/C=C/[C@H](Cc2ccccc2F)NC1=O)C(C)C)C(C)C. The van der Waals surface area contributed by atoms with E-state index < -0.39 is 53.8 Å². The lowest BCUT2D eigenvalue weighted by molar-refractivity contribution is -0.144. The zero-order chi connectivity index (χ0) is 30.5. The highest BCUT2D eigenvalue weighted by molar-refractivity contribution is 5.93. The monoisotopic (exact) mass is 575 g/mol. The first-order chi connectivity index (χ1) is 19.4. The third-order valence-electron chi connectivity index (χ3n) is 6.70. The van der Waals surface area contributed by atoms with E-state index in [1.54, 1.807) is 45.9 Å². The van der Waals surface area contributed by atoms with Crippen molar-refractivity contribution in [3.8, 4) is 0 Å². The van der Waals surface area contributed by atoms with Crippen molar-refractivity contribution in [3.05, 3.63) is 47.8 Å². The normalized spacial score (nSPS) is 20.4. The number of urea groups is 1. The van der Waals surface area contributed by atoms with Crippen molar-refractivity contribution >= 4 is 29.7 Å². The summed E-state index contributed by atoms with van der Waals surface area (Å²) in [6.45, 7) is 7.36. The maximum atomic E-state index is 14.3. The highest BCUT2D eigenvalue weighted by Crippen LogP contribution is 2.12. The molecule has 1 heterocycles. The third-order valence-corrected chi connectivity index (χ3v) is 6.70. The lowest BCUT2D eigenvalue weighted by Gasteiger charge is -2.27. The molecule has 1 aromatic rings. The second-order valence-corrected chi connectivity index (χ2v) is 10.7. The first-order valence-electron chi connectivity index (χ1n) is 13.9. The number of benzene rings is 1. The van der Waals surface area contributed by atoms with Crippen molar-refractivity contribution in [1.29, 1.82) is 0 Å². The molecule has 11 nitrogen and oxygen atoms in total. The van der Waals surface area contributed by atoms with Crippen molar-refractivity contribution in [2.24, 2.45) is 11.8 Å². The van der Waals surface area contributed by atoms with Gasteiger partial charge in [0.25, 0.3) is 0 Å². The average Bonchev–Trinajstić information content (AvgIpc) is 2.92. The molecule has 12 heteroatoms. The molecule has 0 saturated carbocycles. The Morgan fingerprint density at radius 1 is 1.02 bits per heavy atom. The summed E-state index contributed by atoms with van der Waals surface area (Å²) in [6.07, 6.45) is 4.27. The summed E-state index contributed by atoms with van der Waals surface area (Å²) < 4.78 is 19.1. The fourth-order valence-corrected chi connectivity index (χ4v) is 4.31. The molecule has 2 unspecified atom stereocenters. The van der Waals surface area contributed by atoms with E-state index in [-0.39, 0.29) is 30.6 Å². The first-order valence-corrected chi connectivity index (χ1v) is 13.9. The highest BCUT2D eigenvalue weighted by Gasteiger charge is 2.31. The Kier molecular flexibility index (Phi) is 13.2. The summed E-state index contributed by atoms with van der Waals surface area (Å²) in [7, 11) is 1.22. The molecule has 1 aliphatic heterocycles. The van der Waals surface area contributed by atoms with Crippen LogP contribution in [0.5, 0.6) is 0 Å². The maximum Gasteiger partial charge on any atom is 0.328 e. The molecule has 0 saturated heterocycles. The standard InChI is InChI=1S/C29H42FN5O6/c1-17(2)24(34-29(40)35-25(18(3)4)28(39)41-5)27(38)33-22-12-8-9-15-31-23(36)14-13-20(32-26(22)37)16-19-10-6-7-11-21(19)30/h6-7,10-11,13-14,17-18,20,22,24-25H,8-9,12,15-16H2,1-5H3,(H,31,36)(H,32,37)(H,33,38)(H2,34,35,40)/b14-13+/t20-,22+,24?,25?/m1/s1. The van der Waals surface area contributed by atoms with Crippen LogP contribution in [0.4, 0.5) is 9.18 Å². The largest absolute Gasteiger partial charge is 0.467 e. The Bertz CT molecular complexity index is 1110. The van der Waals surface area contributed by atoms with Gasteiger partial charge in [-0.2, -0.15) is 0 Å². The van der Waals surface area contributed by atoms with Crippen LogP contribution in [-0.2, 0) is 30.3 Å². The molecular formula is C29H42FN5O6. The number of carbonyl (C=O) groups excluding carboxylic acids is 5. The van der Waals surface area contributed by atoms with Crippen LogP contribution in [0.3, 0.4) is 0 Å². The quantitative estimate of drug-likeness (QED) is 0.283. The maximum absolute atomic E-state index is 14.3. The Balaban J connectivity index is 2.19. The topological polar surface area (TPSA) is 155 Å². The molecule has 226 valence electrons. The molecule has 1 aliphatic rings. The van der Waals surface area contributed by atoms with E-state index in [0.29, 0.717) is 24.9 Å². The molecule has 0 aromatic heterocycles. The zero-order valence-electron chi connectivity index (χ0n) is 24.3. The molecule has 0 radical (unpaired) electrons. The second-order valence-electron chi connectivity index (χ2n) is 10.7. The lowest BCUT2D eigenvalue weighted by Crippen LogP contribution is -2.59. The Labute approximate surface area is 240 Å². The van der Waals surface area contributed by atoms with Gasteiger partial charge in [-0.05, 0) is 49.1 Å². The van der Waals surface area contributed by atoms with Crippen LogP contribution in [-0.4, -0.2) is 67.5 Å². The lowest BCUT2D eigenvalue weighted by atomic mass is 10.0. The van der Waals surface area contributed by atoms with Crippen molar-refractivity contribution in [3.63, 3.8) is 0 Å². The first kappa shape index (κ1) is 33.2. The van der Waals surface area contributed by atoms with E-state index in [2.05, 4.69) is 26.6 Å². The van der Waals surface area contributed by atoms with Gasteiger partial charge in [-0.25, -0.2) is 14.0 Å². The Morgan fingerprint density at radius 2 is 1.68 bits per heavy atom. The number of methoxy groups -OCH3 is 1. The van der Waals surface area contributed by atoms with E-state index >= 15 is 0 Å². The molecule has 5 N–H and O–H groups in total. The predicted octanol–water partition coefficient (Wildman–Crippen LogP) is 1.72. The smallest absolute Gasteiger partial charge is 0.328 e. The van der Waals surface area contributed by atoms with Gasteiger partial charge in [0, 0.05) is 12.6 Å². The Hall–Kier alpha value is -3.96. The number of hydrogen-bond acceptors (Lipinski definition) is 6. The van der Waals surface area contributed by atoms with Gasteiger partial charge in [0.05, 0.1) is 13.2 Å². The van der Waals surface area contributed by atoms with Crippen LogP contribution in [0.25, 0.3) is 0 Å². The van der Waals surface area contributed by atoms with Crippen molar-refractivity contribution < 1.29 is 33.1 Å². The van der Waals surface area contributed by atoms with E-state index in [1.807, 2.05) is 0 Å². The van der Waals surface area contributed by atoms with Crippen molar-refractivity contribution in [1.82, 2.24) is 26.6 Å². The number of esters is 1. The number of rotatable bonds is 9. The van der Waals surface area contributed by atoms with Gasteiger partial charge in [0.2, 0.25) is 17.7 Å². The molecule has 2 rings (SSSR count). The molecule has 0 spiro atoms. The summed E-state index contributed by atoms with van der Waals surface area (Å²) in [5.41, 5.74) is 0.359. The van der Waals surface area contributed by atoms with E-state index in [0.717, 1.165) is 0 Å². The molecule has 0 bridgehead atoms. The summed E-state index contributed by atoms with van der Waals surface area (Å²) in [4.78, 5) is 63.6. The number of hydrogen-bond donors (Lipinski definition) is 5. The fourth-order valence-electron chi connectivity index (χ4n) is 4.31. The summed E-state index contributed by atoms with van der Waals surface area (Å²) in [5.74, 6) is -3.04. The minimum atomic E-state index is -1.01. The van der Waals surface area contributed by atoms with Gasteiger partial charge in [0.15, 0.2) is 0 Å². The second kappa shape index (κ2) is 16.3. The van der Waals surface area contributed by atoms with Gasteiger partial charge >= 0.3 is 12.0 Å². The van der Waals surface area contributed by atoms with Crippen molar-refractivity contribution in [2.45, 2.75) is 77.5 Å². The number of nitrogens with one attached hydrogen (secondary N) is 5. The number of halogens is 1. The van der Waals surface area contributed by atoms with Gasteiger partial charge in [-0.15, -0.1) is 0 Å². The van der Waals surface area contributed by atoms with Crippen LogP contribution in [0.15, 0.2) is 36.4 Å². The van der Waals surface area contributed by atoms with Crippen LogP contribution >= 0.6 is 0 Å². The van der Waals surface area contributed by atoms with Gasteiger partial charge in [0.1, 0.15) is 23.9 Å². The molecule has 41 heavy (non-hydrogen) atoms. The number of carbonyl (C=O) groups is 5. The average molecular weight is 576 g/mol. The van der Waals surface area contributed by atoms with Gasteiger partial charge < -0.3 is 31.3 Å². The Morgan fingerprint density at radius 3 is 2.32 bits per heavy atom. The third kappa shape index (κ3) is 10.8. The molecule has 5 amide bonds. The molecule has 0 fully saturated rings. The number of ether oxygens (including phenoxy) is 1. The minimum absolute atomic E-state index is 0.0937. The van der Waals surface area contributed by atoms with E-state index in [1.165, 1.54) is 25.3 Å².